The third kappa shape index (κ3) is 2.53. The monoisotopic (exact) mass is 344 g/mol. The standard InChI is InChI=1S/C17H20N4O4/c1-3-25-10(2)13-8-14-18-15-12(16(22)21(14)19-13)9-20(17(15)23)11-4-6-24-7-5-11/h8,11,19H,2-7,9H2,1H3. The summed E-state index contributed by atoms with van der Waals surface area (Å²) >= 11 is 0. The van der Waals surface area contributed by atoms with Gasteiger partial charge < -0.3 is 14.4 Å². The van der Waals surface area contributed by atoms with E-state index in [2.05, 4.69) is 16.7 Å². The molecule has 0 aliphatic carbocycles. The van der Waals surface area contributed by atoms with E-state index >= 15 is 0 Å². The van der Waals surface area contributed by atoms with E-state index in [1.54, 1.807) is 11.0 Å². The van der Waals surface area contributed by atoms with Crippen molar-refractivity contribution in [3.8, 4) is 0 Å². The van der Waals surface area contributed by atoms with Crippen LogP contribution in [0.25, 0.3) is 11.4 Å². The molecule has 0 bridgehead atoms. The van der Waals surface area contributed by atoms with Crippen molar-refractivity contribution >= 4 is 17.3 Å². The van der Waals surface area contributed by atoms with Crippen molar-refractivity contribution in [2.75, 3.05) is 19.8 Å². The van der Waals surface area contributed by atoms with E-state index in [1.165, 1.54) is 4.52 Å². The first-order chi connectivity index (χ1) is 12.1. The predicted octanol–water partition coefficient (Wildman–Crippen LogP) is 1.16. The second-order valence-corrected chi connectivity index (χ2v) is 6.24. The number of rotatable bonds is 4. The molecule has 1 N–H and O–H groups in total. The van der Waals surface area contributed by atoms with Crippen molar-refractivity contribution in [3.63, 3.8) is 0 Å². The van der Waals surface area contributed by atoms with Crippen LogP contribution in [0, 0.1) is 0 Å². The molecule has 4 rings (SSSR count). The Kier molecular flexibility index (Phi) is 3.84. The first-order valence-electron chi connectivity index (χ1n) is 8.45. The molecule has 132 valence electrons. The van der Waals surface area contributed by atoms with Gasteiger partial charge in [0.15, 0.2) is 5.65 Å². The summed E-state index contributed by atoms with van der Waals surface area (Å²) in [5.41, 5.74) is 1.40. The second kappa shape index (κ2) is 6.03. The van der Waals surface area contributed by atoms with Crippen molar-refractivity contribution < 1.29 is 14.3 Å². The van der Waals surface area contributed by atoms with Crippen molar-refractivity contribution in [1.82, 2.24) is 19.5 Å². The third-order valence-corrected chi connectivity index (χ3v) is 4.75. The van der Waals surface area contributed by atoms with Gasteiger partial charge in [0.25, 0.3) is 11.5 Å². The smallest absolute Gasteiger partial charge is 0.278 e. The fourth-order valence-corrected chi connectivity index (χ4v) is 3.44. The normalized spacial score (nSPS) is 18.0. The van der Waals surface area contributed by atoms with Gasteiger partial charge in [-0.05, 0) is 19.8 Å². The molecule has 0 spiro atoms. The van der Waals surface area contributed by atoms with Crippen molar-refractivity contribution in [3.05, 3.63) is 40.0 Å². The number of fused-ring (bicyclic) bond motifs is 2. The maximum Gasteiger partial charge on any atom is 0.278 e. The van der Waals surface area contributed by atoms with Gasteiger partial charge in [-0.15, -0.1) is 0 Å². The summed E-state index contributed by atoms with van der Waals surface area (Å²) in [5.74, 6) is 0.260. The Bertz CT molecular complexity index is 907. The van der Waals surface area contributed by atoms with E-state index in [4.69, 9.17) is 9.47 Å². The van der Waals surface area contributed by atoms with Crippen LogP contribution in [0.1, 0.15) is 41.5 Å². The van der Waals surface area contributed by atoms with Crippen LogP contribution >= 0.6 is 0 Å². The predicted molar refractivity (Wildman–Crippen MR) is 90.2 cm³/mol. The van der Waals surface area contributed by atoms with E-state index in [0.717, 1.165) is 12.8 Å². The van der Waals surface area contributed by atoms with E-state index in [-0.39, 0.29) is 23.2 Å². The number of hydrogen-bond acceptors (Lipinski definition) is 5. The average molecular weight is 344 g/mol. The zero-order valence-electron chi connectivity index (χ0n) is 14.1. The van der Waals surface area contributed by atoms with Crippen molar-refractivity contribution in [2.45, 2.75) is 32.4 Å². The minimum atomic E-state index is -0.251. The average Bonchev–Trinajstić information content (AvgIpc) is 3.19. The Hall–Kier alpha value is -2.61. The number of ether oxygens (including phenoxy) is 2. The highest BCUT2D eigenvalue weighted by atomic mass is 16.5. The molecule has 4 heterocycles. The van der Waals surface area contributed by atoms with Crippen LogP contribution in [0.4, 0.5) is 0 Å². The number of carbonyl (C=O) groups excluding carboxylic acids is 1. The number of aromatic amines is 1. The number of nitrogens with zero attached hydrogens (tertiary/aromatic N) is 3. The van der Waals surface area contributed by atoms with E-state index < -0.39 is 0 Å². The zero-order chi connectivity index (χ0) is 17.6. The molecule has 8 nitrogen and oxygen atoms in total. The SMILES string of the molecule is C=C(OCC)c1cc2nc3c(c(=O)n2[nH]1)CN(C1CCOCC1)C3=O. The summed E-state index contributed by atoms with van der Waals surface area (Å²) in [4.78, 5) is 31.7. The van der Waals surface area contributed by atoms with Gasteiger partial charge in [0, 0.05) is 25.3 Å². The molecule has 2 aromatic rings. The van der Waals surface area contributed by atoms with Crippen molar-refractivity contribution in [1.29, 1.82) is 0 Å². The second-order valence-electron chi connectivity index (χ2n) is 6.24. The maximum atomic E-state index is 12.8. The van der Waals surface area contributed by atoms with Gasteiger partial charge in [0.05, 0.1) is 24.4 Å². The maximum absolute atomic E-state index is 12.8. The summed E-state index contributed by atoms with van der Waals surface area (Å²) in [7, 11) is 0. The summed E-state index contributed by atoms with van der Waals surface area (Å²) in [6.07, 6.45) is 1.58. The van der Waals surface area contributed by atoms with Gasteiger partial charge in [-0.3, -0.25) is 14.7 Å². The number of hydrogen-bond donors (Lipinski definition) is 1. The Balaban J connectivity index is 1.72. The Morgan fingerprint density at radius 1 is 1.44 bits per heavy atom. The van der Waals surface area contributed by atoms with E-state index in [9.17, 15) is 9.59 Å². The summed E-state index contributed by atoms with van der Waals surface area (Å²) in [6, 6.07) is 1.77. The molecule has 2 aromatic heterocycles. The minimum absolute atomic E-state index is 0.103. The molecule has 2 aliphatic heterocycles. The van der Waals surface area contributed by atoms with E-state index in [0.29, 0.717) is 49.0 Å². The molecule has 0 atom stereocenters. The highest BCUT2D eigenvalue weighted by molar-refractivity contribution is 5.97. The Morgan fingerprint density at radius 3 is 2.92 bits per heavy atom. The lowest BCUT2D eigenvalue weighted by Crippen LogP contribution is -2.39. The van der Waals surface area contributed by atoms with Gasteiger partial charge in [-0.25, -0.2) is 9.50 Å². The van der Waals surface area contributed by atoms with Gasteiger partial charge in [-0.1, -0.05) is 6.58 Å². The van der Waals surface area contributed by atoms with Gasteiger partial charge in [0.1, 0.15) is 11.5 Å². The Labute approximate surface area is 144 Å². The number of H-pyrrole nitrogens is 1. The lowest BCUT2D eigenvalue weighted by atomic mass is 10.1. The van der Waals surface area contributed by atoms with Crippen LogP contribution in [-0.2, 0) is 16.0 Å². The first-order valence-corrected chi connectivity index (χ1v) is 8.45. The van der Waals surface area contributed by atoms with Crippen LogP contribution < -0.4 is 5.56 Å². The lowest BCUT2D eigenvalue weighted by Gasteiger charge is -2.30. The highest BCUT2D eigenvalue weighted by Gasteiger charge is 2.37. The van der Waals surface area contributed by atoms with Crippen LogP contribution in [0.15, 0.2) is 17.4 Å². The van der Waals surface area contributed by atoms with Crippen LogP contribution in [0.5, 0.6) is 0 Å². The van der Waals surface area contributed by atoms with E-state index in [1.807, 2.05) is 6.92 Å². The van der Waals surface area contributed by atoms with Gasteiger partial charge in [0.2, 0.25) is 0 Å². The highest BCUT2D eigenvalue weighted by Crippen LogP contribution is 2.26. The molecule has 0 saturated carbocycles. The molecule has 8 heteroatoms. The molecular weight excluding hydrogens is 324 g/mol. The molecule has 0 unspecified atom stereocenters. The molecular formula is C17H20N4O4. The Morgan fingerprint density at radius 2 is 2.20 bits per heavy atom. The molecule has 1 saturated heterocycles. The van der Waals surface area contributed by atoms with Crippen LogP contribution in [0.2, 0.25) is 0 Å². The summed E-state index contributed by atoms with van der Waals surface area (Å²) < 4.78 is 12.1. The van der Waals surface area contributed by atoms with Gasteiger partial charge in [-0.2, -0.15) is 0 Å². The topological polar surface area (TPSA) is 88.9 Å². The molecule has 0 radical (unpaired) electrons. The minimum Gasteiger partial charge on any atom is -0.492 e. The zero-order valence-corrected chi connectivity index (χ0v) is 14.1. The third-order valence-electron chi connectivity index (χ3n) is 4.75. The van der Waals surface area contributed by atoms with Crippen LogP contribution in [0.3, 0.4) is 0 Å². The molecule has 2 aliphatic rings. The number of nitrogens with one attached hydrogen (secondary N) is 1. The molecule has 1 fully saturated rings. The summed E-state index contributed by atoms with van der Waals surface area (Å²) in [6.45, 7) is 7.74. The largest absolute Gasteiger partial charge is 0.492 e. The fourth-order valence-electron chi connectivity index (χ4n) is 3.44. The van der Waals surface area contributed by atoms with Gasteiger partial charge >= 0.3 is 0 Å². The lowest BCUT2D eigenvalue weighted by molar-refractivity contribution is 0.0301. The molecule has 1 amide bonds. The molecule has 0 aromatic carbocycles. The first kappa shape index (κ1) is 15.9. The number of amides is 1. The van der Waals surface area contributed by atoms with Crippen molar-refractivity contribution in [2.24, 2.45) is 0 Å². The number of aromatic nitrogens is 3. The quantitative estimate of drug-likeness (QED) is 0.841. The fraction of sp³-hybridized carbons (Fsp3) is 0.471. The molecule has 25 heavy (non-hydrogen) atoms. The number of carbonyl (C=O) groups is 1. The summed E-state index contributed by atoms with van der Waals surface area (Å²) in [5, 5.41) is 2.95. The van der Waals surface area contributed by atoms with Crippen LogP contribution in [-0.4, -0.2) is 51.3 Å².